The molecule has 6 heteroatoms. The van der Waals surface area contributed by atoms with Crippen LogP contribution in [0.2, 0.25) is 0 Å². The van der Waals surface area contributed by atoms with Gasteiger partial charge in [0, 0.05) is 23.4 Å². The fourth-order valence-electron chi connectivity index (χ4n) is 3.63. The molecule has 28 heavy (non-hydrogen) atoms. The summed E-state index contributed by atoms with van der Waals surface area (Å²) in [5, 5.41) is 9.99. The molecule has 1 aliphatic heterocycles. The van der Waals surface area contributed by atoms with Gasteiger partial charge in [0.25, 0.3) is 0 Å². The van der Waals surface area contributed by atoms with Gasteiger partial charge in [-0.2, -0.15) is 0 Å². The van der Waals surface area contributed by atoms with Crippen LogP contribution in [0.1, 0.15) is 36.4 Å². The van der Waals surface area contributed by atoms with Crippen LogP contribution in [0.3, 0.4) is 0 Å². The number of amides is 1. The van der Waals surface area contributed by atoms with E-state index >= 15 is 0 Å². The van der Waals surface area contributed by atoms with Crippen molar-refractivity contribution in [3.63, 3.8) is 0 Å². The Kier molecular flexibility index (Phi) is 8.45. The number of hydrogen-bond acceptors (Lipinski definition) is 4. The van der Waals surface area contributed by atoms with Crippen LogP contribution in [-0.4, -0.2) is 37.1 Å². The number of nitrogens with one attached hydrogen (secondary N) is 3. The summed E-state index contributed by atoms with van der Waals surface area (Å²) in [5.74, 6) is 0.768. The minimum atomic E-state index is -0.336. The largest absolute Gasteiger partial charge is 0.354 e. The Morgan fingerprint density at radius 1 is 1.18 bits per heavy atom. The maximum Gasteiger partial charge on any atom is 0.241 e. The third-order valence-corrected chi connectivity index (χ3v) is 5.76. The summed E-state index contributed by atoms with van der Waals surface area (Å²) in [7, 11) is 0. The third-order valence-electron chi connectivity index (χ3n) is 5.27. The Balaban J connectivity index is 1.55. The average Bonchev–Trinajstić information content (AvgIpc) is 2.72. The predicted molar refractivity (Wildman–Crippen MR) is 116 cm³/mol. The first kappa shape index (κ1) is 21.0. The van der Waals surface area contributed by atoms with Crippen molar-refractivity contribution in [3.05, 3.63) is 64.4 Å². The summed E-state index contributed by atoms with van der Waals surface area (Å²) < 4.78 is 0.986. The van der Waals surface area contributed by atoms with E-state index in [1.807, 2.05) is 36.4 Å². The normalized spacial score (nSPS) is 15.9. The van der Waals surface area contributed by atoms with Gasteiger partial charge in [-0.3, -0.25) is 9.78 Å². The summed E-state index contributed by atoms with van der Waals surface area (Å²) in [5.41, 5.74) is 2.16. The van der Waals surface area contributed by atoms with Gasteiger partial charge in [-0.25, -0.2) is 0 Å². The molecule has 5 nitrogen and oxygen atoms in total. The van der Waals surface area contributed by atoms with Crippen LogP contribution in [0.4, 0.5) is 0 Å². The first-order valence-corrected chi connectivity index (χ1v) is 10.9. The first-order valence-electron chi connectivity index (χ1n) is 10.1. The van der Waals surface area contributed by atoms with Crippen molar-refractivity contribution >= 4 is 21.8 Å². The molecule has 1 aromatic carbocycles. The number of halogens is 1. The van der Waals surface area contributed by atoms with Gasteiger partial charge in [0.15, 0.2) is 0 Å². The van der Waals surface area contributed by atoms with Gasteiger partial charge in [-0.15, -0.1) is 0 Å². The van der Waals surface area contributed by atoms with Crippen molar-refractivity contribution in [1.29, 1.82) is 0 Å². The molecule has 1 unspecified atom stereocenters. The summed E-state index contributed by atoms with van der Waals surface area (Å²) in [4.78, 5) is 16.9. The van der Waals surface area contributed by atoms with Crippen molar-refractivity contribution in [1.82, 2.24) is 20.9 Å². The van der Waals surface area contributed by atoms with Crippen molar-refractivity contribution < 1.29 is 4.79 Å². The zero-order valence-corrected chi connectivity index (χ0v) is 17.7. The molecule has 2 heterocycles. The third kappa shape index (κ3) is 6.69. The van der Waals surface area contributed by atoms with Gasteiger partial charge in [0.05, 0.1) is 0 Å². The lowest BCUT2D eigenvalue weighted by molar-refractivity contribution is -0.123. The molecule has 0 spiro atoms. The van der Waals surface area contributed by atoms with Crippen LogP contribution < -0.4 is 16.0 Å². The molecule has 0 bridgehead atoms. The Morgan fingerprint density at radius 3 is 2.71 bits per heavy atom. The molecule has 0 aliphatic carbocycles. The second kappa shape index (κ2) is 11.3. The summed E-state index contributed by atoms with van der Waals surface area (Å²) in [6.45, 7) is 3.67. The highest BCUT2D eigenvalue weighted by molar-refractivity contribution is 9.10. The molecule has 3 rings (SSSR count). The van der Waals surface area contributed by atoms with E-state index in [9.17, 15) is 4.79 Å². The van der Waals surface area contributed by atoms with Crippen LogP contribution in [0.5, 0.6) is 0 Å². The minimum absolute atomic E-state index is 0.0254. The Morgan fingerprint density at radius 2 is 1.96 bits per heavy atom. The van der Waals surface area contributed by atoms with Crippen LogP contribution in [0.25, 0.3) is 0 Å². The summed E-state index contributed by atoms with van der Waals surface area (Å²) in [6, 6.07) is 11.6. The van der Waals surface area contributed by atoms with E-state index in [0.717, 1.165) is 48.4 Å². The summed E-state index contributed by atoms with van der Waals surface area (Å²) in [6.07, 6.45) is 7.92. The highest BCUT2D eigenvalue weighted by atomic mass is 79.9. The molecule has 1 fully saturated rings. The molecule has 2 aromatic rings. The molecule has 1 aliphatic rings. The van der Waals surface area contributed by atoms with Crippen LogP contribution >= 0.6 is 15.9 Å². The van der Waals surface area contributed by atoms with Gasteiger partial charge in [0.1, 0.15) is 6.04 Å². The Hall–Kier alpha value is -1.76. The standard InChI is InChI=1S/C22H29BrN4O/c23-20-3-1-2-19(16-20)21(26-14-8-17-4-10-24-11-5-17)22(28)27-15-9-18-6-12-25-13-7-18/h1-3,6-7,12-13,16-17,21,24,26H,4-5,8-11,14-15H2,(H,27,28). The Bertz CT molecular complexity index is 734. The van der Waals surface area contributed by atoms with E-state index in [0.29, 0.717) is 6.54 Å². The maximum atomic E-state index is 12.9. The number of hydrogen-bond donors (Lipinski definition) is 3. The highest BCUT2D eigenvalue weighted by Gasteiger charge is 2.21. The monoisotopic (exact) mass is 444 g/mol. The van der Waals surface area contributed by atoms with Crippen LogP contribution in [0.15, 0.2) is 53.3 Å². The number of rotatable bonds is 9. The van der Waals surface area contributed by atoms with Crippen molar-refractivity contribution in [3.8, 4) is 0 Å². The predicted octanol–water partition coefficient (Wildman–Crippen LogP) is 3.22. The fourth-order valence-corrected chi connectivity index (χ4v) is 4.05. The lowest BCUT2D eigenvalue weighted by atomic mass is 9.94. The molecular formula is C22H29BrN4O. The number of carbonyl (C=O) groups is 1. The van der Waals surface area contributed by atoms with Gasteiger partial charge in [-0.1, -0.05) is 28.1 Å². The van der Waals surface area contributed by atoms with Crippen LogP contribution in [-0.2, 0) is 11.2 Å². The van der Waals surface area contributed by atoms with Gasteiger partial charge < -0.3 is 16.0 Å². The molecule has 150 valence electrons. The van der Waals surface area contributed by atoms with E-state index < -0.39 is 0 Å². The molecular weight excluding hydrogens is 416 g/mol. The number of aromatic nitrogens is 1. The van der Waals surface area contributed by atoms with E-state index in [4.69, 9.17) is 0 Å². The quantitative estimate of drug-likeness (QED) is 0.555. The number of pyridine rings is 1. The van der Waals surface area contributed by atoms with Gasteiger partial charge >= 0.3 is 0 Å². The average molecular weight is 445 g/mol. The molecule has 1 aromatic heterocycles. The van der Waals surface area contributed by atoms with Crippen molar-refractivity contribution in [2.45, 2.75) is 31.7 Å². The number of nitrogens with zero attached hydrogens (tertiary/aromatic N) is 1. The first-order chi connectivity index (χ1) is 13.7. The van der Waals surface area contributed by atoms with E-state index in [-0.39, 0.29) is 11.9 Å². The molecule has 1 saturated heterocycles. The van der Waals surface area contributed by atoms with Gasteiger partial charge in [0.2, 0.25) is 5.91 Å². The second-order valence-electron chi connectivity index (χ2n) is 7.32. The topological polar surface area (TPSA) is 66.0 Å². The minimum Gasteiger partial charge on any atom is -0.354 e. The van der Waals surface area contributed by atoms with E-state index in [2.05, 4.69) is 36.9 Å². The maximum absolute atomic E-state index is 12.9. The SMILES string of the molecule is O=C(NCCc1ccncc1)C(NCCC1CCNCC1)c1cccc(Br)c1. The van der Waals surface area contributed by atoms with Crippen LogP contribution in [0, 0.1) is 5.92 Å². The Labute approximate surface area is 175 Å². The van der Waals surface area contributed by atoms with Gasteiger partial charge in [-0.05, 0) is 86.6 Å². The van der Waals surface area contributed by atoms with Crippen molar-refractivity contribution in [2.75, 3.05) is 26.2 Å². The number of piperidine rings is 1. The fraction of sp³-hybridized carbons (Fsp3) is 0.455. The smallest absolute Gasteiger partial charge is 0.241 e. The highest BCUT2D eigenvalue weighted by Crippen LogP contribution is 2.20. The molecule has 1 atom stereocenters. The van der Waals surface area contributed by atoms with Crippen molar-refractivity contribution in [2.24, 2.45) is 5.92 Å². The second-order valence-corrected chi connectivity index (χ2v) is 8.24. The van der Waals surface area contributed by atoms with E-state index in [1.54, 1.807) is 12.4 Å². The lowest BCUT2D eigenvalue weighted by Gasteiger charge is -2.24. The molecule has 3 N–H and O–H groups in total. The number of benzene rings is 1. The zero-order valence-electron chi connectivity index (χ0n) is 16.2. The molecule has 0 saturated carbocycles. The molecule has 1 amide bonds. The number of carbonyl (C=O) groups excluding carboxylic acids is 1. The zero-order chi connectivity index (χ0) is 19.6. The lowest BCUT2D eigenvalue weighted by Crippen LogP contribution is -2.39. The summed E-state index contributed by atoms with van der Waals surface area (Å²) >= 11 is 3.52. The molecule has 0 radical (unpaired) electrons. The van der Waals surface area contributed by atoms with E-state index in [1.165, 1.54) is 18.4 Å².